The molecule has 2 nitrogen and oxygen atoms in total. The average Bonchev–Trinajstić information content (AvgIpc) is 3.06. The zero-order chi connectivity index (χ0) is 12.7. The molecule has 0 bridgehead atoms. The second kappa shape index (κ2) is 4.16. The molecule has 2 heterocycles. The lowest BCUT2D eigenvalue weighted by Crippen LogP contribution is -2.19. The highest BCUT2D eigenvalue weighted by Crippen LogP contribution is 2.31. The third kappa shape index (κ3) is 1.72. The predicted molar refractivity (Wildman–Crippen MR) is 79.2 cm³/mol. The molecule has 2 heteroatoms. The second-order valence-electron chi connectivity index (χ2n) is 5.00. The number of benzene rings is 2. The summed E-state index contributed by atoms with van der Waals surface area (Å²) in [6, 6.07) is 17.2. The molecular formula is C17H15N2. The average molecular weight is 247 g/mol. The minimum Gasteiger partial charge on any atom is -0.366 e. The first-order valence-corrected chi connectivity index (χ1v) is 6.64. The van der Waals surface area contributed by atoms with Gasteiger partial charge < -0.3 is 9.88 Å². The molecule has 0 atom stereocenters. The maximum absolute atomic E-state index is 3.28. The zero-order valence-corrected chi connectivity index (χ0v) is 10.6. The van der Waals surface area contributed by atoms with E-state index in [2.05, 4.69) is 64.8 Å². The summed E-state index contributed by atoms with van der Waals surface area (Å²) in [5.41, 5.74) is 5.29. The Morgan fingerprint density at radius 2 is 1.95 bits per heavy atom. The number of hydrogen-bond acceptors (Lipinski definition) is 1. The van der Waals surface area contributed by atoms with Gasteiger partial charge in [0.05, 0.1) is 0 Å². The van der Waals surface area contributed by atoms with Crippen LogP contribution in [0.5, 0.6) is 0 Å². The molecule has 1 N–H and O–H groups in total. The molecule has 0 aliphatic carbocycles. The number of H-pyrrole nitrogens is 1. The van der Waals surface area contributed by atoms with Crippen LogP contribution in [0, 0.1) is 6.42 Å². The maximum Gasteiger partial charge on any atom is 0.0457 e. The lowest BCUT2D eigenvalue weighted by molar-refractivity contribution is 0.887. The Hall–Kier alpha value is -2.22. The minimum absolute atomic E-state index is 0.961. The lowest BCUT2D eigenvalue weighted by Gasteiger charge is -2.19. The van der Waals surface area contributed by atoms with Crippen molar-refractivity contribution in [2.24, 2.45) is 0 Å². The van der Waals surface area contributed by atoms with Gasteiger partial charge in [-0.25, -0.2) is 0 Å². The minimum atomic E-state index is 0.961. The molecule has 0 fully saturated rings. The van der Waals surface area contributed by atoms with Gasteiger partial charge in [-0.2, -0.15) is 0 Å². The van der Waals surface area contributed by atoms with Crippen molar-refractivity contribution < 1.29 is 0 Å². The summed E-state index contributed by atoms with van der Waals surface area (Å²) in [5, 5.41) is 1.33. The van der Waals surface area contributed by atoms with E-state index >= 15 is 0 Å². The van der Waals surface area contributed by atoms with Crippen molar-refractivity contribution in [3.63, 3.8) is 0 Å². The highest BCUT2D eigenvalue weighted by Gasteiger charge is 2.19. The summed E-state index contributed by atoms with van der Waals surface area (Å²) in [5.74, 6) is 0. The van der Waals surface area contributed by atoms with E-state index < -0.39 is 0 Å². The highest BCUT2D eigenvalue weighted by molar-refractivity contribution is 5.83. The number of rotatable bonds is 2. The fraction of sp³-hybridized carbons (Fsp3) is 0.118. The molecule has 19 heavy (non-hydrogen) atoms. The van der Waals surface area contributed by atoms with Gasteiger partial charge in [-0.3, -0.25) is 0 Å². The number of aromatic amines is 1. The molecule has 1 aromatic heterocycles. The molecule has 0 spiro atoms. The number of anilines is 1. The summed E-state index contributed by atoms with van der Waals surface area (Å²) in [7, 11) is 0. The topological polar surface area (TPSA) is 19.0 Å². The van der Waals surface area contributed by atoms with E-state index in [4.69, 9.17) is 0 Å². The second-order valence-corrected chi connectivity index (χ2v) is 5.00. The van der Waals surface area contributed by atoms with Crippen LogP contribution in [0.15, 0.2) is 54.7 Å². The number of hydrogen-bond donors (Lipinski definition) is 1. The van der Waals surface area contributed by atoms with Crippen LogP contribution in [0.3, 0.4) is 0 Å². The number of fused-ring (bicyclic) bond motifs is 2. The summed E-state index contributed by atoms with van der Waals surface area (Å²) < 4.78 is 0. The van der Waals surface area contributed by atoms with Crippen molar-refractivity contribution in [3.8, 4) is 0 Å². The summed E-state index contributed by atoms with van der Waals surface area (Å²) in [6.07, 6.45) is 4.31. The zero-order valence-electron chi connectivity index (χ0n) is 10.6. The van der Waals surface area contributed by atoms with Crippen molar-refractivity contribution >= 4 is 16.6 Å². The molecule has 0 saturated heterocycles. The van der Waals surface area contributed by atoms with Crippen molar-refractivity contribution in [3.05, 3.63) is 72.3 Å². The van der Waals surface area contributed by atoms with E-state index in [1.54, 1.807) is 0 Å². The van der Waals surface area contributed by atoms with Gasteiger partial charge in [0, 0.05) is 42.3 Å². The summed E-state index contributed by atoms with van der Waals surface area (Å²) >= 11 is 0. The van der Waals surface area contributed by atoms with E-state index in [1.165, 1.54) is 27.7 Å². The van der Waals surface area contributed by atoms with Gasteiger partial charge >= 0.3 is 0 Å². The van der Waals surface area contributed by atoms with Crippen LogP contribution in [0.1, 0.15) is 11.1 Å². The van der Waals surface area contributed by atoms with E-state index in [9.17, 15) is 0 Å². The van der Waals surface area contributed by atoms with Crippen molar-refractivity contribution in [2.45, 2.75) is 6.54 Å². The van der Waals surface area contributed by atoms with Gasteiger partial charge in [-0.1, -0.05) is 30.3 Å². The predicted octanol–water partition coefficient (Wildman–Crippen LogP) is 3.74. The molecule has 93 valence electrons. The van der Waals surface area contributed by atoms with Crippen molar-refractivity contribution in [1.29, 1.82) is 0 Å². The monoisotopic (exact) mass is 247 g/mol. The third-order valence-corrected chi connectivity index (χ3v) is 3.86. The van der Waals surface area contributed by atoms with E-state index in [1.807, 2.05) is 6.20 Å². The molecule has 4 rings (SSSR count). The lowest BCUT2D eigenvalue weighted by atomic mass is 10.1. The van der Waals surface area contributed by atoms with E-state index in [0.29, 0.717) is 0 Å². The Kier molecular flexibility index (Phi) is 2.34. The molecule has 3 aromatic rings. The van der Waals surface area contributed by atoms with Crippen LogP contribution in [0.4, 0.5) is 5.69 Å². The first kappa shape index (κ1) is 10.7. The largest absolute Gasteiger partial charge is 0.366 e. The first-order chi connectivity index (χ1) is 9.42. The van der Waals surface area contributed by atoms with Crippen molar-refractivity contribution in [2.75, 3.05) is 11.4 Å². The molecule has 1 aliphatic heterocycles. The Morgan fingerprint density at radius 3 is 2.95 bits per heavy atom. The smallest absolute Gasteiger partial charge is 0.0457 e. The van der Waals surface area contributed by atoms with Crippen molar-refractivity contribution in [1.82, 2.24) is 4.98 Å². The fourth-order valence-electron chi connectivity index (χ4n) is 2.90. The summed E-state index contributed by atoms with van der Waals surface area (Å²) in [4.78, 5) is 5.71. The molecule has 1 aliphatic rings. The number of nitrogens with one attached hydrogen (secondary N) is 1. The molecule has 0 amide bonds. The van der Waals surface area contributed by atoms with Gasteiger partial charge in [0.15, 0.2) is 0 Å². The Balaban J connectivity index is 1.71. The van der Waals surface area contributed by atoms with Crippen LogP contribution in [0.2, 0.25) is 0 Å². The Morgan fingerprint density at radius 1 is 1.00 bits per heavy atom. The molecule has 1 radical (unpaired) electrons. The van der Waals surface area contributed by atoms with Crippen LogP contribution in [-0.4, -0.2) is 11.5 Å². The number of nitrogens with zero attached hydrogens (tertiary/aromatic N) is 1. The quantitative estimate of drug-likeness (QED) is 0.731. The van der Waals surface area contributed by atoms with Crippen LogP contribution >= 0.6 is 0 Å². The molecule has 2 aromatic carbocycles. The molecule has 0 saturated carbocycles. The standard InChI is InChI=1S/C17H15N2/c1-2-7-17-13(4-1)9-11-19(17)12-14-5-3-6-16-15(14)8-10-18-16/h1-10,18H,11-12H2. The maximum atomic E-state index is 3.28. The molecular weight excluding hydrogens is 232 g/mol. The number of para-hydroxylation sites is 1. The number of aromatic nitrogens is 1. The fourth-order valence-corrected chi connectivity index (χ4v) is 2.90. The SMILES string of the molecule is [CH]1CN(Cc2cccc3[nH]ccc23)c2ccccc21. The summed E-state index contributed by atoms with van der Waals surface area (Å²) in [6.45, 7) is 1.96. The third-order valence-electron chi connectivity index (χ3n) is 3.86. The highest BCUT2D eigenvalue weighted by atomic mass is 15.1. The molecule has 0 unspecified atom stereocenters. The Bertz CT molecular complexity index is 727. The first-order valence-electron chi connectivity index (χ1n) is 6.64. The van der Waals surface area contributed by atoms with Gasteiger partial charge in [0.1, 0.15) is 0 Å². The van der Waals surface area contributed by atoms with Crippen LogP contribution in [0.25, 0.3) is 10.9 Å². The van der Waals surface area contributed by atoms with Gasteiger partial charge in [0.2, 0.25) is 0 Å². The van der Waals surface area contributed by atoms with Crippen LogP contribution in [-0.2, 0) is 6.54 Å². The van der Waals surface area contributed by atoms with E-state index in [-0.39, 0.29) is 0 Å². The van der Waals surface area contributed by atoms with E-state index in [0.717, 1.165) is 13.1 Å². The van der Waals surface area contributed by atoms with Crippen LogP contribution < -0.4 is 4.90 Å². The normalized spacial score (nSPS) is 14.0. The van der Waals surface area contributed by atoms with Gasteiger partial charge in [-0.05, 0) is 29.3 Å². The van der Waals surface area contributed by atoms with Gasteiger partial charge in [-0.15, -0.1) is 0 Å². The van der Waals surface area contributed by atoms with Gasteiger partial charge in [0.25, 0.3) is 0 Å². The Labute approximate surface area is 112 Å².